The molecule has 0 aliphatic carbocycles. The third kappa shape index (κ3) is 7.15. The maximum Gasteiger partial charge on any atom is 0.243 e. The van der Waals surface area contributed by atoms with Crippen molar-refractivity contribution in [3.63, 3.8) is 0 Å². The molecule has 196 valence electrons. The third-order valence-electron chi connectivity index (χ3n) is 6.55. The summed E-state index contributed by atoms with van der Waals surface area (Å²) in [6, 6.07) is 28.5. The Morgan fingerprint density at radius 3 is 2.29 bits per heavy atom. The van der Waals surface area contributed by atoms with Gasteiger partial charge < -0.3 is 10.2 Å². The van der Waals surface area contributed by atoms with Gasteiger partial charge >= 0.3 is 0 Å². The molecule has 38 heavy (non-hydrogen) atoms. The number of carbonyl (C=O) groups is 2. The summed E-state index contributed by atoms with van der Waals surface area (Å²) >= 11 is 12.7. The summed E-state index contributed by atoms with van der Waals surface area (Å²) < 4.78 is 0. The highest BCUT2D eigenvalue weighted by molar-refractivity contribution is 6.35. The highest BCUT2D eigenvalue weighted by atomic mass is 35.5. The molecular weight excluding hydrogens is 515 g/mol. The zero-order valence-electron chi connectivity index (χ0n) is 21.7. The van der Waals surface area contributed by atoms with Crippen LogP contribution < -0.4 is 5.32 Å². The number of carbonyl (C=O) groups excluding carboxylic acids is 2. The fourth-order valence-corrected chi connectivity index (χ4v) is 5.13. The van der Waals surface area contributed by atoms with Gasteiger partial charge in [0.2, 0.25) is 11.8 Å². The molecule has 0 aromatic heterocycles. The molecule has 4 rings (SSSR count). The lowest BCUT2D eigenvalue weighted by Gasteiger charge is -2.32. The number of amides is 2. The Morgan fingerprint density at radius 2 is 1.55 bits per heavy atom. The van der Waals surface area contributed by atoms with E-state index in [1.165, 1.54) is 0 Å². The molecule has 0 saturated carbocycles. The quantitative estimate of drug-likeness (QED) is 0.228. The smallest absolute Gasteiger partial charge is 0.243 e. The highest BCUT2D eigenvalue weighted by Gasteiger charge is 2.31. The minimum atomic E-state index is -0.702. The minimum absolute atomic E-state index is 0.0625. The van der Waals surface area contributed by atoms with Gasteiger partial charge in [0.25, 0.3) is 0 Å². The maximum atomic E-state index is 13.9. The number of benzene rings is 4. The second-order valence-corrected chi connectivity index (χ2v) is 10.6. The number of nitrogens with zero attached hydrogens (tertiary/aromatic N) is 1. The zero-order chi connectivity index (χ0) is 27.1. The van der Waals surface area contributed by atoms with Crippen LogP contribution in [0.25, 0.3) is 10.8 Å². The van der Waals surface area contributed by atoms with Gasteiger partial charge in [0.15, 0.2) is 0 Å². The lowest BCUT2D eigenvalue weighted by Crippen LogP contribution is -2.51. The monoisotopic (exact) mass is 546 g/mol. The van der Waals surface area contributed by atoms with Gasteiger partial charge in [0.1, 0.15) is 6.04 Å². The van der Waals surface area contributed by atoms with E-state index in [-0.39, 0.29) is 30.8 Å². The van der Waals surface area contributed by atoms with Gasteiger partial charge in [-0.1, -0.05) is 102 Å². The standard InChI is InChI=1S/C32H32Cl2N2O2/c1-22(2)35-32(38)30(19-23-9-4-3-5-10-23)36(21-26-15-17-27(33)20-29(26)34)31(37)18-16-25-13-8-12-24-11-6-7-14-28(24)25/h3-15,17,20,22,30H,16,18-19,21H2,1-2H3,(H,35,38)/t30-/m0/s1. The Labute approximate surface area is 234 Å². The van der Waals surface area contributed by atoms with Crippen molar-refractivity contribution < 1.29 is 9.59 Å². The van der Waals surface area contributed by atoms with E-state index in [4.69, 9.17) is 23.2 Å². The summed E-state index contributed by atoms with van der Waals surface area (Å²) in [6.07, 6.45) is 1.22. The Morgan fingerprint density at radius 1 is 0.842 bits per heavy atom. The Hall–Kier alpha value is -3.34. The summed E-state index contributed by atoms with van der Waals surface area (Å²) in [7, 11) is 0. The van der Waals surface area contributed by atoms with Crippen LogP contribution in [0.2, 0.25) is 10.0 Å². The molecule has 1 atom stereocenters. The van der Waals surface area contributed by atoms with Gasteiger partial charge in [-0.25, -0.2) is 0 Å². The molecule has 0 unspecified atom stereocenters. The largest absolute Gasteiger partial charge is 0.352 e. The number of nitrogens with one attached hydrogen (secondary N) is 1. The number of hydrogen-bond donors (Lipinski definition) is 1. The summed E-state index contributed by atoms with van der Waals surface area (Å²) in [6.45, 7) is 4.04. The lowest BCUT2D eigenvalue weighted by atomic mass is 9.99. The fraction of sp³-hybridized carbons (Fsp3) is 0.250. The van der Waals surface area contributed by atoms with Crippen molar-refractivity contribution in [2.45, 2.75) is 51.7 Å². The number of aryl methyl sites for hydroxylation is 1. The second-order valence-electron chi connectivity index (χ2n) is 9.76. The first-order valence-corrected chi connectivity index (χ1v) is 13.6. The predicted molar refractivity (Wildman–Crippen MR) is 156 cm³/mol. The van der Waals surface area contributed by atoms with Crippen LogP contribution in [0.4, 0.5) is 0 Å². The predicted octanol–water partition coefficient (Wildman–Crippen LogP) is 7.24. The van der Waals surface area contributed by atoms with Gasteiger partial charge in [-0.3, -0.25) is 9.59 Å². The van der Waals surface area contributed by atoms with Crippen molar-refractivity contribution in [3.05, 3.63) is 118 Å². The number of rotatable bonds is 10. The van der Waals surface area contributed by atoms with Crippen LogP contribution in [0.5, 0.6) is 0 Å². The molecule has 0 spiro atoms. The van der Waals surface area contributed by atoms with Crippen LogP contribution >= 0.6 is 23.2 Å². The topological polar surface area (TPSA) is 49.4 Å². The molecule has 0 aliphatic heterocycles. The summed E-state index contributed by atoms with van der Waals surface area (Å²) in [5, 5.41) is 6.28. The Balaban J connectivity index is 1.67. The second kappa shape index (κ2) is 12.9. The van der Waals surface area contributed by atoms with Gasteiger partial charge in [-0.2, -0.15) is 0 Å². The van der Waals surface area contributed by atoms with Crippen LogP contribution in [0.15, 0.2) is 91.0 Å². The maximum absolute atomic E-state index is 13.9. The molecule has 1 N–H and O–H groups in total. The molecule has 0 fully saturated rings. The SMILES string of the molecule is CC(C)NC(=O)[C@H](Cc1ccccc1)N(Cc1ccc(Cl)cc1Cl)C(=O)CCc1cccc2ccccc12. The Bertz CT molecular complexity index is 1400. The van der Waals surface area contributed by atoms with Gasteiger partial charge in [-0.15, -0.1) is 0 Å². The van der Waals surface area contributed by atoms with Crippen LogP contribution in [0.3, 0.4) is 0 Å². The lowest BCUT2D eigenvalue weighted by molar-refractivity contribution is -0.141. The molecule has 0 saturated heterocycles. The van der Waals surface area contributed by atoms with Crippen LogP contribution in [0, 0.1) is 0 Å². The van der Waals surface area contributed by atoms with E-state index in [2.05, 4.69) is 29.6 Å². The zero-order valence-corrected chi connectivity index (χ0v) is 23.2. The van der Waals surface area contributed by atoms with E-state index in [1.807, 2.05) is 68.4 Å². The van der Waals surface area contributed by atoms with Crippen LogP contribution in [-0.2, 0) is 29.0 Å². The normalized spacial score (nSPS) is 11.9. The van der Waals surface area contributed by atoms with Crippen molar-refractivity contribution >= 4 is 45.8 Å². The van der Waals surface area contributed by atoms with Crippen LogP contribution in [-0.4, -0.2) is 28.8 Å². The molecule has 0 heterocycles. The summed E-state index contributed by atoms with van der Waals surface area (Å²) in [5.74, 6) is -0.295. The van der Waals surface area contributed by atoms with Crippen molar-refractivity contribution in [2.24, 2.45) is 0 Å². The van der Waals surface area contributed by atoms with E-state index in [0.717, 1.165) is 27.5 Å². The molecule has 0 aliphatic rings. The van der Waals surface area contributed by atoms with E-state index >= 15 is 0 Å². The van der Waals surface area contributed by atoms with Crippen molar-refractivity contribution in [2.75, 3.05) is 0 Å². The third-order valence-corrected chi connectivity index (χ3v) is 7.13. The summed E-state index contributed by atoms with van der Waals surface area (Å²) in [4.78, 5) is 29.1. The van der Waals surface area contributed by atoms with E-state index in [9.17, 15) is 9.59 Å². The van der Waals surface area contributed by atoms with Crippen molar-refractivity contribution in [1.82, 2.24) is 10.2 Å². The van der Waals surface area contributed by atoms with E-state index < -0.39 is 6.04 Å². The van der Waals surface area contributed by atoms with Crippen molar-refractivity contribution in [3.8, 4) is 0 Å². The van der Waals surface area contributed by atoms with Gasteiger partial charge in [0, 0.05) is 35.5 Å². The average molecular weight is 548 g/mol. The first kappa shape index (κ1) is 27.7. The average Bonchev–Trinajstić information content (AvgIpc) is 2.90. The minimum Gasteiger partial charge on any atom is -0.352 e. The van der Waals surface area contributed by atoms with Crippen molar-refractivity contribution in [1.29, 1.82) is 0 Å². The van der Waals surface area contributed by atoms with E-state index in [1.54, 1.807) is 17.0 Å². The first-order chi connectivity index (χ1) is 18.3. The highest BCUT2D eigenvalue weighted by Crippen LogP contribution is 2.25. The number of hydrogen-bond acceptors (Lipinski definition) is 2. The molecule has 4 aromatic carbocycles. The molecule has 2 amide bonds. The first-order valence-electron chi connectivity index (χ1n) is 12.9. The number of fused-ring (bicyclic) bond motifs is 1. The number of halogens is 2. The van der Waals surface area contributed by atoms with E-state index in [0.29, 0.717) is 22.9 Å². The molecule has 4 aromatic rings. The Kier molecular flexibility index (Phi) is 9.43. The molecule has 4 nitrogen and oxygen atoms in total. The van der Waals surface area contributed by atoms with Gasteiger partial charge in [0.05, 0.1) is 0 Å². The molecule has 6 heteroatoms. The van der Waals surface area contributed by atoms with Gasteiger partial charge in [-0.05, 0) is 59.9 Å². The molecular formula is C32H32Cl2N2O2. The fourth-order valence-electron chi connectivity index (χ4n) is 4.66. The molecule has 0 bridgehead atoms. The van der Waals surface area contributed by atoms with Crippen LogP contribution in [0.1, 0.15) is 37.0 Å². The summed E-state index contributed by atoms with van der Waals surface area (Å²) in [5.41, 5.74) is 2.82. The molecule has 0 radical (unpaired) electrons.